The minimum Gasteiger partial charge on any atom is -0.341 e. The van der Waals surface area contributed by atoms with E-state index in [1.807, 2.05) is 35.2 Å². The van der Waals surface area contributed by atoms with Crippen molar-refractivity contribution in [3.63, 3.8) is 0 Å². The summed E-state index contributed by atoms with van der Waals surface area (Å²) in [6.07, 6.45) is 1.74. The summed E-state index contributed by atoms with van der Waals surface area (Å²) in [5.74, 6) is 1.38. The highest BCUT2D eigenvalue weighted by Crippen LogP contribution is 2.24. The number of carbonyl (C=O) groups is 1. The SMILES string of the molecule is CC(C)C1CCN(C(=O)C(N)Cc2ccccc2)C1. The second-order valence-electron chi connectivity index (χ2n) is 5.87. The fraction of sp³-hybridized carbons (Fsp3) is 0.562. The van der Waals surface area contributed by atoms with Crippen molar-refractivity contribution in [3.8, 4) is 0 Å². The van der Waals surface area contributed by atoms with Crippen LogP contribution < -0.4 is 5.73 Å². The van der Waals surface area contributed by atoms with Gasteiger partial charge in [-0.2, -0.15) is 0 Å². The zero-order chi connectivity index (χ0) is 13.8. The lowest BCUT2D eigenvalue weighted by molar-refractivity contribution is -0.131. The Morgan fingerprint density at radius 3 is 2.63 bits per heavy atom. The summed E-state index contributed by atoms with van der Waals surface area (Å²) in [6.45, 7) is 6.19. The third kappa shape index (κ3) is 3.57. The highest BCUT2D eigenvalue weighted by molar-refractivity contribution is 5.82. The van der Waals surface area contributed by atoms with Crippen LogP contribution in [0, 0.1) is 11.8 Å². The van der Waals surface area contributed by atoms with Crippen LogP contribution in [0.2, 0.25) is 0 Å². The molecular weight excluding hydrogens is 236 g/mol. The molecule has 1 aromatic carbocycles. The van der Waals surface area contributed by atoms with Gasteiger partial charge in [-0.15, -0.1) is 0 Å². The van der Waals surface area contributed by atoms with Gasteiger partial charge in [0.25, 0.3) is 0 Å². The molecule has 0 radical (unpaired) electrons. The van der Waals surface area contributed by atoms with Crippen molar-refractivity contribution in [2.45, 2.75) is 32.7 Å². The van der Waals surface area contributed by atoms with Crippen LogP contribution in [0.1, 0.15) is 25.8 Å². The Balaban J connectivity index is 1.90. The van der Waals surface area contributed by atoms with Gasteiger partial charge in [-0.1, -0.05) is 44.2 Å². The first-order chi connectivity index (χ1) is 9.08. The molecule has 3 heteroatoms. The molecule has 104 valence electrons. The molecule has 0 aromatic heterocycles. The minimum atomic E-state index is -0.409. The number of amides is 1. The third-order valence-electron chi connectivity index (χ3n) is 4.09. The molecule has 1 aromatic rings. The monoisotopic (exact) mass is 260 g/mol. The number of carbonyl (C=O) groups excluding carboxylic acids is 1. The molecule has 1 fully saturated rings. The van der Waals surface area contributed by atoms with Crippen LogP contribution >= 0.6 is 0 Å². The number of hydrogen-bond donors (Lipinski definition) is 1. The van der Waals surface area contributed by atoms with Gasteiger partial charge in [-0.3, -0.25) is 4.79 Å². The van der Waals surface area contributed by atoms with Gasteiger partial charge in [0, 0.05) is 13.1 Å². The van der Waals surface area contributed by atoms with Crippen molar-refractivity contribution < 1.29 is 4.79 Å². The molecular formula is C16H24N2O. The van der Waals surface area contributed by atoms with Crippen molar-refractivity contribution in [2.24, 2.45) is 17.6 Å². The maximum atomic E-state index is 12.3. The van der Waals surface area contributed by atoms with Crippen molar-refractivity contribution in [3.05, 3.63) is 35.9 Å². The molecule has 19 heavy (non-hydrogen) atoms. The second kappa shape index (κ2) is 6.20. The topological polar surface area (TPSA) is 46.3 Å². The van der Waals surface area contributed by atoms with Gasteiger partial charge in [0.05, 0.1) is 6.04 Å². The molecule has 1 heterocycles. The summed E-state index contributed by atoms with van der Waals surface area (Å²) >= 11 is 0. The molecule has 1 saturated heterocycles. The molecule has 2 N–H and O–H groups in total. The maximum absolute atomic E-state index is 12.3. The summed E-state index contributed by atoms with van der Waals surface area (Å²) in [6, 6.07) is 9.58. The maximum Gasteiger partial charge on any atom is 0.239 e. The fourth-order valence-corrected chi connectivity index (χ4v) is 2.72. The number of rotatable bonds is 4. The zero-order valence-electron chi connectivity index (χ0n) is 11.9. The first-order valence-electron chi connectivity index (χ1n) is 7.16. The van der Waals surface area contributed by atoms with Gasteiger partial charge < -0.3 is 10.6 Å². The number of hydrogen-bond acceptors (Lipinski definition) is 2. The van der Waals surface area contributed by atoms with Crippen LogP contribution in [0.4, 0.5) is 0 Å². The molecule has 0 aliphatic carbocycles. The Kier molecular flexibility index (Phi) is 4.59. The van der Waals surface area contributed by atoms with E-state index < -0.39 is 6.04 Å². The summed E-state index contributed by atoms with van der Waals surface area (Å²) in [5.41, 5.74) is 7.19. The smallest absolute Gasteiger partial charge is 0.239 e. The van der Waals surface area contributed by atoms with E-state index in [4.69, 9.17) is 5.73 Å². The Bertz CT molecular complexity index is 416. The molecule has 0 bridgehead atoms. The number of nitrogens with two attached hydrogens (primary N) is 1. The average molecular weight is 260 g/mol. The van der Waals surface area contributed by atoms with Gasteiger partial charge in [0.15, 0.2) is 0 Å². The highest BCUT2D eigenvalue weighted by Gasteiger charge is 2.30. The summed E-state index contributed by atoms with van der Waals surface area (Å²) in [7, 11) is 0. The Morgan fingerprint density at radius 1 is 1.37 bits per heavy atom. The van der Waals surface area contributed by atoms with E-state index in [0.717, 1.165) is 25.1 Å². The summed E-state index contributed by atoms with van der Waals surface area (Å²) in [5, 5.41) is 0. The number of benzene rings is 1. The van der Waals surface area contributed by atoms with E-state index in [2.05, 4.69) is 13.8 Å². The Morgan fingerprint density at radius 2 is 2.05 bits per heavy atom. The van der Waals surface area contributed by atoms with E-state index in [1.165, 1.54) is 0 Å². The van der Waals surface area contributed by atoms with Crippen molar-refractivity contribution in [1.82, 2.24) is 4.90 Å². The largest absolute Gasteiger partial charge is 0.341 e. The van der Waals surface area contributed by atoms with Crippen LogP contribution in [-0.2, 0) is 11.2 Å². The van der Waals surface area contributed by atoms with Crippen molar-refractivity contribution in [1.29, 1.82) is 0 Å². The summed E-state index contributed by atoms with van der Waals surface area (Å²) in [4.78, 5) is 14.3. The molecule has 0 saturated carbocycles. The second-order valence-corrected chi connectivity index (χ2v) is 5.87. The van der Waals surface area contributed by atoms with E-state index in [-0.39, 0.29) is 5.91 Å². The lowest BCUT2D eigenvalue weighted by Crippen LogP contribution is -2.44. The quantitative estimate of drug-likeness (QED) is 0.900. The molecule has 2 unspecified atom stereocenters. The normalized spacial score (nSPS) is 20.8. The lowest BCUT2D eigenvalue weighted by atomic mass is 9.95. The highest BCUT2D eigenvalue weighted by atomic mass is 16.2. The van der Waals surface area contributed by atoms with Crippen LogP contribution in [0.3, 0.4) is 0 Å². The van der Waals surface area contributed by atoms with Crippen LogP contribution in [-0.4, -0.2) is 29.9 Å². The van der Waals surface area contributed by atoms with Crippen LogP contribution in [0.5, 0.6) is 0 Å². The average Bonchev–Trinajstić information content (AvgIpc) is 2.88. The summed E-state index contributed by atoms with van der Waals surface area (Å²) < 4.78 is 0. The van der Waals surface area contributed by atoms with Crippen molar-refractivity contribution in [2.75, 3.05) is 13.1 Å². The molecule has 1 amide bonds. The lowest BCUT2D eigenvalue weighted by Gasteiger charge is -2.22. The predicted molar refractivity (Wildman–Crippen MR) is 77.6 cm³/mol. The molecule has 3 nitrogen and oxygen atoms in total. The molecule has 2 rings (SSSR count). The van der Waals surface area contributed by atoms with Gasteiger partial charge in [0.2, 0.25) is 5.91 Å². The van der Waals surface area contributed by atoms with Gasteiger partial charge in [-0.05, 0) is 30.2 Å². The molecule has 0 spiro atoms. The number of likely N-dealkylation sites (tertiary alicyclic amines) is 1. The molecule has 2 atom stereocenters. The van der Waals surface area contributed by atoms with E-state index in [0.29, 0.717) is 18.3 Å². The van der Waals surface area contributed by atoms with Crippen LogP contribution in [0.15, 0.2) is 30.3 Å². The predicted octanol–water partition coefficient (Wildman–Crippen LogP) is 2.06. The molecule has 1 aliphatic rings. The third-order valence-corrected chi connectivity index (χ3v) is 4.09. The Hall–Kier alpha value is -1.35. The van der Waals surface area contributed by atoms with E-state index in [1.54, 1.807) is 0 Å². The first kappa shape index (κ1) is 14.1. The minimum absolute atomic E-state index is 0.104. The van der Waals surface area contributed by atoms with Gasteiger partial charge >= 0.3 is 0 Å². The van der Waals surface area contributed by atoms with Gasteiger partial charge in [0.1, 0.15) is 0 Å². The van der Waals surface area contributed by atoms with E-state index in [9.17, 15) is 4.79 Å². The zero-order valence-corrected chi connectivity index (χ0v) is 11.9. The van der Waals surface area contributed by atoms with Gasteiger partial charge in [-0.25, -0.2) is 0 Å². The standard InChI is InChI=1S/C16H24N2O/c1-12(2)14-8-9-18(11-14)16(19)15(17)10-13-6-4-3-5-7-13/h3-7,12,14-15H,8-11,17H2,1-2H3. The number of nitrogens with zero attached hydrogens (tertiary/aromatic N) is 1. The first-order valence-corrected chi connectivity index (χ1v) is 7.16. The van der Waals surface area contributed by atoms with Crippen molar-refractivity contribution >= 4 is 5.91 Å². The Labute approximate surface area is 115 Å². The fourth-order valence-electron chi connectivity index (χ4n) is 2.72. The van der Waals surface area contributed by atoms with E-state index >= 15 is 0 Å². The van der Waals surface area contributed by atoms with Crippen LogP contribution in [0.25, 0.3) is 0 Å². The molecule has 1 aliphatic heterocycles.